The van der Waals surface area contributed by atoms with Crippen LogP contribution in [0.3, 0.4) is 0 Å². The van der Waals surface area contributed by atoms with Crippen LogP contribution in [0.15, 0.2) is 0 Å². The van der Waals surface area contributed by atoms with Crippen molar-refractivity contribution >= 4 is 11.6 Å². The van der Waals surface area contributed by atoms with E-state index in [0.29, 0.717) is 6.61 Å². The summed E-state index contributed by atoms with van der Waals surface area (Å²) in [6, 6.07) is 0. The highest BCUT2D eigenvalue weighted by molar-refractivity contribution is 5.57. The SMILES string of the molecule is CCNc1nc(CC)nc(NCCOCCN(C)C)c1C. The molecule has 0 unspecified atom stereocenters. The first-order valence-corrected chi connectivity index (χ1v) is 7.66. The van der Waals surface area contributed by atoms with E-state index in [4.69, 9.17) is 4.74 Å². The van der Waals surface area contributed by atoms with Crippen LogP contribution in [0.4, 0.5) is 11.6 Å². The molecule has 6 nitrogen and oxygen atoms in total. The maximum atomic E-state index is 5.58. The lowest BCUT2D eigenvalue weighted by Gasteiger charge is -2.14. The highest BCUT2D eigenvalue weighted by atomic mass is 16.5. The Bertz CT molecular complexity index is 423. The number of nitrogens with zero attached hydrogens (tertiary/aromatic N) is 3. The Morgan fingerprint density at radius 1 is 1.05 bits per heavy atom. The van der Waals surface area contributed by atoms with Gasteiger partial charge in [0, 0.05) is 31.6 Å². The van der Waals surface area contributed by atoms with Gasteiger partial charge in [-0.1, -0.05) is 6.92 Å². The largest absolute Gasteiger partial charge is 0.378 e. The Balaban J connectivity index is 2.51. The van der Waals surface area contributed by atoms with Gasteiger partial charge in [0.15, 0.2) is 0 Å². The first-order chi connectivity index (χ1) is 10.1. The highest BCUT2D eigenvalue weighted by Gasteiger charge is 2.09. The normalized spacial score (nSPS) is 11.0. The zero-order chi connectivity index (χ0) is 15.7. The number of aromatic nitrogens is 2. The van der Waals surface area contributed by atoms with Crippen molar-refractivity contribution < 1.29 is 4.74 Å². The minimum absolute atomic E-state index is 0.676. The second-order valence-corrected chi connectivity index (χ2v) is 5.19. The second-order valence-electron chi connectivity index (χ2n) is 5.19. The third-order valence-corrected chi connectivity index (χ3v) is 3.07. The van der Waals surface area contributed by atoms with Gasteiger partial charge in [0.1, 0.15) is 17.5 Å². The fourth-order valence-corrected chi connectivity index (χ4v) is 1.82. The molecule has 0 aliphatic carbocycles. The van der Waals surface area contributed by atoms with Crippen LogP contribution in [0.5, 0.6) is 0 Å². The van der Waals surface area contributed by atoms with Crippen LogP contribution < -0.4 is 10.6 Å². The molecule has 1 heterocycles. The van der Waals surface area contributed by atoms with Crippen molar-refractivity contribution in [3.8, 4) is 0 Å². The lowest BCUT2D eigenvalue weighted by atomic mass is 10.3. The van der Waals surface area contributed by atoms with E-state index in [1.54, 1.807) is 0 Å². The molecule has 1 aromatic heterocycles. The first kappa shape index (κ1) is 17.7. The molecule has 6 heteroatoms. The Kier molecular flexibility index (Phi) is 8.00. The van der Waals surface area contributed by atoms with E-state index in [2.05, 4.69) is 39.3 Å². The molecule has 0 aromatic carbocycles. The Hall–Kier alpha value is -1.40. The van der Waals surface area contributed by atoms with Crippen molar-refractivity contribution in [2.75, 3.05) is 57.6 Å². The lowest BCUT2D eigenvalue weighted by molar-refractivity contribution is 0.126. The average Bonchev–Trinajstić information content (AvgIpc) is 2.46. The van der Waals surface area contributed by atoms with Crippen molar-refractivity contribution in [2.45, 2.75) is 27.2 Å². The molecular formula is C15H29N5O. The molecule has 1 rings (SSSR count). The zero-order valence-electron chi connectivity index (χ0n) is 14.0. The van der Waals surface area contributed by atoms with Gasteiger partial charge in [-0.3, -0.25) is 0 Å². The minimum atomic E-state index is 0.676. The number of rotatable bonds is 10. The number of hydrogen-bond donors (Lipinski definition) is 2. The predicted octanol–water partition coefficient (Wildman–Crippen LogP) is 1.77. The summed E-state index contributed by atoms with van der Waals surface area (Å²) in [5.74, 6) is 2.67. The summed E-state index contributed by atoms with van der Waals surface area (Å²) in [6.07, 6.45) is 0.826. The molecule has 0 aliphatic heterocycles. The molecule has 0 radical (unpaired) electrons. The summed E-state index contributed by atoms with van der Waals surface area (Å²) >= 11 is 0. The summed E-state index contributed by atoms with van der Waals surface area (Å²) in [7, 11) is 4.08. The highest BCUT2D eigenvalue weighted by Crippen LogP contribution is 2.19. The van der Waals surface area contributed by atoms with Gasteiger partial charge >= 0.3 is 0 Å². The fraction of sp³-hybridized carbons (Fsp3) is 0.733. The molecule has 0 fully saturated rings. The third kappa shape index (κ3) is 6.27. The Morgan fingerprint density at radius 2 is 1.71 bits per heavy atom. The molecule has 0 amide bonds. The van der Waals surface area contributed by atoms with Gasteiger partial charge in [0.05, 0.1) is 13.2 Å². The predicted molar refractivity (Wildman–Crippen MR) is 88.2 cm³/mol. The first-order valence-electron chi connectivity index (χ1n) is 7.66. The molecule has 0 bridgehead atoms. The van der Waals surface area contributed by atoms with E-state index in [1.165, 1.54) is 0 Å². The number of likely N-dealkylation sites (N-methyl/N-ethyl adjacent to an activating group) is 1. The maximum absolute atomic E-state index is 5.58. The summed E-state index contributed by atoms with van der Waals surface area (Å²) in [6.45, 7) is 10.1. The monoisotopic (exact) mass is 295 g/mol. The van der Waals surface area contributed by atoms with Gasteiger partial charge in [-0.25, -0.2) is 9.97 Å². The third-order valence-electron chi connectivity index (χ3n) is 3.07. The van der Waals surface area contributed by atoms with Crippen molar-refractivity contribution in [3.05, 3.63) is 11.4 Å². The van der Waals surface area contributed by atoms with Crippen LogP contribution in [-0.4, -0.2) is 61.8 Å². The Morgan fingerprint density at radius 3 is 2.29 bits per heavy atom. The molecule has 0 aliphatic rings. The molecule has 0 saturated heterocycles. The number of hydrogen-bond acceptors (Lipinski definition) is 6. The molecular weight excluding hydrogens is 266 g/mol. The van der Waals surface area contributed by atoms with Crippen LogP contribution in [0.2, 0.25) is 0 Å². The van der Waals surface area contributed by atoms with E-state index in [0.717, 1.165) is 55.7 Å². The number of nitrogens with one attached hydrogen (secondary N) is 2. The van der Waals surface area contributed by atoms with Crippen LogP contribution in [0.25, 0.3) is 0 Å². The van der Waals surface area contributed by atoms with E-state index < -0.39 is 0 Å². The molecule has 1 aromatic rings. The van der Waals surface area contributed by atoms with Gasteiger partial charge in [0.25, 0.3) is 0 Å². The van der Waals surface area contributed by atoms with Crippen LogP contribution in [0.1, 0.15) is 25.2 Å². The Labute approximate surface area is 128 Å². The molecule has 21 heavy (non-hydrogen) atoms. The summed E-state index contributed by atoms with van der Waals surface area (Å²) in [5, 5.41) is 6.63. The average molecular weight is 295 g/mol. The lowest BCUT2D eigenvalue weighted by Crippen LogP contribution is -2.20. The summed E-state index contributed by atoms with van der Waals surface area (Å²) < 4.78 is 5.58. The van der Waals surface area contributed by atoms with Crippen molar-refractivity contribution in [2.24, 2.45) is 0 Å². The standard InChI is InChI=1S/C15H29N5O/c1-6-13-18-14(16-7-2)12(3)15(19-13)17-8-10-21-11-9-20(4)5/h6-11H2,1-5H3,(H2,16,17,18,19). The van der Waals surface area contributed by atoms with E-state index in [1.807, 2.05) is 21.0 Å². The minimum Gasteiger partial charge on any atom is -0.378 e. The quantitative estimate of drug-likeness (QED) is 0.642. The molecule has 0 saturated carbocycles. The molecule has 0 spiro atoms. The van der Waals surface area contributed by atoms with Crippen molar-refractivity contribution in [3.63, 3.8) is 0 Å². The molecule has 2 N–H and O–H groups in total. The van der Waals surface area contributed by atoms with Gasteiger partial charge < -0.3 is 20.3 Å². The van der Waals surface area contributed by atoms with Gasteiger partial charge in [-0.05, 0) is 27.9 Å². The summed E-state index contributed by atoms with van der Waals surface area (Å²) in [4.78, 5) is 11.2. The van der Waals surface area contributed by atoms with Gasteiger partial charge in [0.2, 0.25) is 0 Å². The topological polar surface area (TPSA) is 62.3 Å². The van der Waals surface area contributed by atoms with E-state index in [9.17, 15) is 0 Å². The van der Waals surface area contributed by atoms with E-state index >= 15 is 0 Å². The van der Waals surface area contributed by atoms with E-state index in [-0.39, 0.29) is 0 Å². The number of aryl methyl sites for hydroxylation is 1. The smallest absolute Gasteiger partial charge is 0.134 e. The second kappa shape index (κ2) is 9.52. The van der Waals surface area contributed by atoms with Crippen molar-refractivity contribution in [1.29, 1.82) is 0 Å². The van der Waals surface area contributed by atoms with Crippen molar-refractivity contribution in [1.82, 2.24) is 14.9 Å². The molecule has 120 valence electrons. The summed E-state index contributed by atoms with van der Waals surface area (Å²) in [5.41, 5.74) is 1.06. The number of ether oxygens (including phenoxy) is 1. The van der Waals surface area contributed by atoms with Gasteiger partial charge in [-0.2, -0.15) is 0 Å². The molecule has 0 atom stereocenters. The van der Waals surface area contributed by atoms with Crippen LogP contribution in [0, 0.1) is 6.92 Å². The van der Waals surface area contributed by atoms with Gasteiger partial charge in [-0.15, -0.1) is 0 Å². The van der Waals surface area contributed by atoms with Crippen LogP contribution in [-0.2, 0) is 11.2 Å². The zero-order valence-corrected chi connectivity index (χ0v) is 14.0. The van der Waals surface area contributed by atoms with Crippen LogP contribution >= 0.6 is 0 Å². The number of anilines is 2. The fourth-order valence-electron chi connectivity index (χ4n) is 1.82. The maximum Gasteiger partial charge on any atom is 0.134 e.